The average Bonchev–Trinajstić information content (AvgIpc) is 3.10. The van der Waals surface area contributed by atoms with Crippen LogP contribution in [0.15, 0.2) is 59.5 Å². The van der Waals surface area contributed by atoms with Gasteiger partial charge in [0.15, 0.2) is 0 Å². The van der Waals surface area contributed by atoms with Gasteiger partial charge in [0.25, 0.3) is 0 Å². The van der Waals surface area contributed by atoms with E-state index in [0.29, 0.717) is 25.9 Å². The lowest BCUT2D eigenvalue weighted by Gasteiger charge is -2.20. The number of hydrogen-bond donors (Lipinski definition) is 1. The summed E-state index contributed by atoms with van der Waals surface area (Å²) in [5, 5.41) is 0. The Labute approximate surface area is 160 Å². The average molecular weight is 388 g/mol. The van der Waals surface area contributed by atoms with Gasteiger partial charge in [-0.1, -0.05) is 54.4 Å². The summed E-state index contributed by atoms with van der Waals surface area (Å²) in [7, 11) is -3.65. The molecule has 1 aliphatic rings. The van der Waals surface area contributed by atoms with E-state index in [1.165, 1.54) is 0 Å². The maximum atomic E-state index is 12.6. The lowest BCUT2D eigenvalue weighted by molar-refractivity contribution is -0.148. The third-order valence-corrected chi connectivity index (χ3v) is 6.44. The fourth-order valence-electron chi connectivity index (χ4n) is 3.39. The predicted molar refractivity (Wildman–Crippen MR) is 104 cm³/mol. The first-order chi connectivity index (χ1) is 13.0. The summed E-state index contributed by atoms with van der Waals surface area (Å²) < 4.78 is 33.3. The highest BCUT2D eigenvalue weighted by Gasteiger charge is 2.36. The van der Waals surface area contributed by atoms with E-state index in [1.807, 2.05) is 37.3 Å². The zero-order valence-corrected chi connectivity index (χ0v) is 16.2. The molecule has 0 saturated heterocycles. The van der Waals surface area contributed by atoms with Crippen molar-refractivity contribution in [1.82, 2.24) is 4.72 Å². The number of rotatable bonds is 7. The molecule has 1 N–H and O–H groups in total. The van der Waals surface area contributed by atoms with Crippen LogP contribution in [0.3, 0.4) is 0 Å². The van der Waals surface area contributed by atoms with Gasteiger partial charge in [0, 0.05) is 12.5 Å². The number of ether oxygens (including phenoxy) is 1. The maximum absolute atomic E-state index is 12.6. The van der Waals surface area contributed by atoms with E-state index in [9.17, 15) is 13.2 Å². The first-order valence-corrected chi connectivity index (χ1v) is 10.7. The Kier molecular flexibility index (Phi) is 6.29. The van der Waals surface area contributed by atoms with Crippen LogP contribution in [0, 0.1) is 12.8 Å². The van der Waals surface area contributed by atoms with Crippen LogP contribution >= 0.6 is 0 Å². The van der Waals surface area contributed by atoms with Gasteiger partial charge in [-0.05, 0) is 37.5 Å². The lowest BCUT2D eigenvalue weighted by Crippen LogP contribution is -2.40. The summed E-state index contributed by atoms with van der Waals surface area (Å²) in [5.41, 5.74) is 2.10. The molecule has 27 heavy (non-hydrogen) atoms. The van der Waals surface area contributed by atoms with Crippen LogP contribution in [0.2, 0.25) is 0 Å². The highest BCUT2D eigenvalue weighted by molar-refractivity contribution is 7.89. The van der Waals surface area contributed by atoms with Gasteiger partial charge in [-0.25, -0.2) is 13.1 Å². The quantitative estimate of drug-likeness (QED) is 0.741. The Morgan fingerprint density at radius 3 is 2.48 bits per heavy atom. The van der Waals surface area contributed by atoms with Crippen LogP contribution in [-0.2, 0) is 26.0 Å². The Bertz CT molecular complexity index is 863. The minimum atomic E-state index is -3.65. The van der Waals surface area contributed by atoms with Crippen molar-refractivity contribution in [2.75, 3.05) is 6.61 Å². The normalized spacial score (nSPS) is 19.7. The molecule has 0 aromatic heterocycles. The standard InChI is InChI=1S/C21H25NO4S/c1-16-10-12-18(13-11-16)27(24,25)22-20-9-5-8-19(20)21(23)26-15-14-17-6-3-2-4-7-17/h2-4,6-7,10-13,19-20,22H,5,8-9,14-15H2,1H3/t19-,20+/m0/s1. The van der Waals surface area contributed by atoms with E-state index < -0.39 is 22.0 Å². The summed E-state index contributed by atoms with van der Waals surface area (Å²) in [6, 6.07) is 16.1. The molecule has 0 amide bonds. The molecule has 0 heterocycles. The SMILES string of the molecule is Cc1ccc(S(=O)(=O)N[C@@H]2CCC[C@@H]2C(=O)OCCc2ccccc2)cc1. The second kappa shape index (κ2) is 8.67. The van der Waals surface area contributed by atoms with Crippen LogP contribution in [0.5, 0.6) is 0 Å². The van der Waals surface area contributed by atoms with Gasteiger partial charge in [0.1, 0.15) is 0 Å². The number of esters is 1. The number of sulfonamides is 1. The first-order valence-electron chi connectivity index (χ1n) is 9.25. The van der Waals surface area contributed by atoms with Crippen molar-refractivity contribution >= 4 is 16.0 Å². The Morgan fingerprint density at radius 1 is 1.07 bits per heavy atom. The van der Waals surface area contributed by atoms with Gasteiger partial charge in [-0.3, -0.25) is 4.79 Å². The van der Waals surface area contributed by atoms with Gasteiger partial charge in [0.2, 0.25) is 10.0 Å². The van der Waals surface area contributed by atoms with Gasteiger partial charge in [-0.15, -0.1) is 0 Å². The molecule has 1 aliphatic carbocycles. The molecule has 0 bridgehead atoms. The number of nitrogens with one attached hydrogen (secondary N) is 1. The second-order valence-electron chi connectivity index (χ2n) is 6.98. The highest BCUT2D eigenvalue weighted by atomic mass is 32.2. The summed E-state index contributed by atoms with van der Waals surface area (Å²) >= 11 is 0. The summed E-state index contributed by atoms with van der Waals surface area (Å²) in [6.45, 7) is 2.21. The zero-order valence-electron chi connectivity index (χ0n) is 15.4. The maximum Gasteiger partial charge on any atom is 0.310 e. The van der Waals surface area contributed by atoms with Crippen molar-refractivity contribution < 1.29 is 17.9 Å². The van der Waals surface area contributed by atoms with Gasteiger partial charge in [-0.2, -0.15) is 0 Å². The molecule has 6 heteroatoms. The van der Waals surface area contributed by atoms with Gasteiger partial charge >= 0.3 is 5.97 Å². The number of hydrogen-bond acceptors (Lipinski definition) is 4. The van der Waals surface area contributed by atoms with Crippen molar-refractivity contribution in [2.24, 2.45) is 5.92 Å². The lowest BCUT2D eigenvalue weighted by atomic mass is 10.1. The van der Waals surface area contributed by atoms with E-state index in [2.05, 4.69) is 4.72 Å². The molecule has 0 spiro atoms. The van der Waals surface area contributed by atoms with E-state index in [4.69, 9.17) is 4.74 Å². The Morgan fingerprint density at radius 2 is 1.78 bits per heavy atom. The number of benzene rings is 2. The number of carbonyl (C=O) groups excluding carboxylic acids is 1. The molecule has 2 aromatic carbocycles. The van der Waals surface area contributed by atoms with Crippen LogP contribution in [-0.4, -0.2) is 27.0 Å². The van der Waals surface area contributed by atoms with Crippen molar-refractivity contribution in [3.8, 4) is 0 Å². The number of carbonyl (C=O) groups is 1. The van der Waals surface area contributed by atoms with E-state index in [0.717, 1.165) is 17.5 Å². The fourth-order valence-corrected chi connectivity index (χ4v) is 4.70. The second-order valence-corrected chi connectivity index (χ2v) is 8.70. The van der Waals surface area contributed by atoms with E-state index >= 15 is 0 Å². The summed E-state index contributed by atoms with van der Waals surface area (Å²) in [5.74, 6) is -0.749. The Hall–Kier alpha value is -2.18. The molecular formula is C21H25NO4S. The molecule has 2 aromatic rings. The smallest absolute Gasteiger partial charge is 0.310 e. The zero-order chi connectivity index (χ0) is 19.3. The predicted octanol–water partition coefficient (Wildman–Crippen LogP) is 3.23. The summed E-state index contributed by atoms with van der Waals surface area (Å²) in [6.07, 6.45) is 2.74. The van der Waals surface area contributed by atoms with Gasteiger partial charge in [0.05, 0.1) is 17.4 Å². The topological polar surface area (TPSA) is 72.5 Å². The first kappa shape index (κ1) is 19.6. The molecule has 1 fully saturated rings. The molecule has 1 saturated carbocycles. The van der Waals surface area contributed by atoms with Crippen molar-refractivity contribution in [3.05, 3.63) is 65.7 Å². The molecular weight excluding hydrogens is 362 g/mol. The molecule has 0 radical (unpaired) electrons. The molecule has 2 atom stereocenters. The van der Waals surface area contributed by atoms with Crippen LogP contribution in [0.1, 0.15) is 30.4 Å². The van der Waals surface area contributed by atoms with Crippen LogP contribution < -0.4 is 4.72 Å². The molecule has 0 aliphatic heterocycles. The third-order valence-electron chi connectivity index (χ3n) is 4.93. The van der Waals surface area contributed by atoms with E-state index in [-0.39, 0.29) is 10.9 Å². The minimum Gasteiger partial charge on any atom is -0.465 e. The van der Waals surface area contributed by atoms with Crippen LogP contribution in [0.25, 0.3) is 0 Å². The number of aryl methyl sites for hydroxylation is 1. The van der Waals surface area contributed by atoms with Crippen molar-refractivity contribution in [3.63, 3.8) is 0 Å². The fraction of sp³-hybridized carbons (Fsp3) is 0.381. The molecule has 5 nitrogen and oxygen atoms in total. The van der Waals surface area contributed by atoms with E-state index in [1.54, 1.807) is 24.3 Å². The molecule has 3 rings (SSSR count). The molecule has 144 valence electrons. The Balaban J connectivity index is 1.57. The van der Waals surface area contributed by atoms with Crippen LogP contribution in [0.4, 0.5) is 0 Å². The monoisotopic (exact) mass is 387 g/mol. The van der Waals surface area contributed by atoms with Gasteiger partial charge < -0.3 is 4.74 Å². The van der Waals surface area contributed by atoms with Crippen molar-refractivity contribution in [2.45, 2.75) is 43.5 Å². The highest BCUT2D eigenvalue weighted by Crippen LogP contribution is 2.28. The minimum absolute atomic E-state index is 0.219. The summed E-state index contributed by atoms with van der Waals surface area (Å²) in [4.78, 5) is 12.7. The largest absolute Gasteiger partial charge is 0.465 e. The van der Waals surface area contributed by atoms with Crippen molar-refractivity contribution in [1.29, 1.82) is 0 Å². The molecule has 0 unspecified atom stereocenters. The third kappa shape index (κ3) is 5.17.